The van der Waals surface area contributed by atoms with Crippen LogP contribution in [0.3, 0.4) is 0 Å². The summed E-state index contributed by atoms with van der Waals surface area (Å²) >= 11 is 19.0. The number of amides is 1. The van der Waals surface area contributed by atoms with Crippen molar-refractivity contribution in [2.75, 3.05) is 16.9 Å². The van der Waals surface area contributed by atoms with Crippen molar-refractivity contribution < 1.29 is 4.79 Å². The van der Waals surface area contributed by atoms with Gasteiger partial charge in [-0.2, -0.15) is 0 Å². The molecule has 0 saturated carbocycles. The molecule has 0 aliphatic heterocycles. The van der Waals surface area contributed by atoms with Crippen LogP contribution in [0.25, 0.3) is 11.4 Å². The van der Waals surface area contributed by atoms with Gasteiger partial charge in [0.1, 0.15) is 0 Å². The Kier molecular flexibility index (Phi) is 5.93. The van der Waals surface area contributed by atoms with Gasteiger partial charge in [0.05, 0.1) is 16.5 Å². The number of thioether (sulfide) groups is 1. The van der Waals surface area contributed by atoms with E-state index in [2.05, 4.69) is 15.5 Å². The van der Waals surface area contributed by atoms with Crippen LogP contribution in [0.4, 0.5) is 5.69 Å². The number of rotatable bonds is 5. The molecule has 26 heavy (non-hydrogen) atoms. The van der Waals surface area contributed by atoms with E-state index < -0.39 is 0 Å². The van der Waals surface area contributed by atoms with E-state index in [4.69, 9.17) is 40.6 Å². The fourth-order valence-corrected chi connectivity index (χ4v) is 3.20. The van der Waals surface area contributed by atoms with Crippen molar-refractivity contribution in [3.8, 4) is 11.4 Å². The molecule has 3 rings (SSSR count). The Labute approximate surface area is 168 Å². The molecule has 3 aromatic rings. The first-order valence-corrected chi connectivity index (χ1v) is 9.40. The lowest BCUT2D eigenvalue weighted by molar-refractivity contribution is -0.113. The van der Waals surface area contributed by atoms with Gasteiger partial charge >= 0.3 is 0 Å². The van der Waals surface area contributed by atoms with Gasteiger partial charge in [-0.1, -0.05) is 46.6 Å². The van der Waals surface area contributed by atoms with Gasteiger partial charge in [-0.25, -0.2) is 4.68 Å². The quantitative estimate of drug-likeness (QED) is 0.466. The summed E-state index contributed by atoms with van der Waals surface area (Å²) in [6.45, 7) is 0. The fourth-order valence-electron chi connectivity index (χ4n) is 2.08. The maximum Gasteiger partial charge on any atom is 0.234 e. The minimum atomic E-state index is -0.268. The Balaban J connectivity index is 1.65. The molecular weight excluding hydrogens is 417 g/mol. The van der Waals surface area contributed by atoms with Gasteiger partial charge in [0.15, 0.2) is 5.82 Å². The van der Waals surface area contributed by atoms with Gasteiger partial charge in [0.25, 0.3) is 0 Å². The molecule has 1 aromatic heterocycles. The Bertz CT molecular complexity index is 946. The molecular formula is C16H12Cl3N5OS. The summed E-state index contributed by atoms with van der Waals surface area (Å²) in [7, 11) is 0. The largest absolute Gasteiger partial charge is 0.335 e. The second kappa shape index (κ2) is 8.18. The number of nitrogens with two attached hydrogens (primary N) is 1. The lowest BCUT2D eigenvalue weighted by Gasteiger charge is -2.07. The zero-order chi connectivity index (χ0) is 18.7. The number of carbonyl (C=O) groups is 1. The molecule has 0 bridgehead atoms. The van der Waals surface area contributed by atoms with E-state index in [0.29, 0.717) is 31.7 Å². The van der Waals surface area contributed by atoms with Gasteiger partial charge in [0.2, 0.25) is 11.1 Å². The predicted molar refractivity (Wildman–Crippen MR) is 106 cm³/mol. The molecule has 134 valence electrons. The summed E-state index contributed by atoms with van der Waals surface area (Å²) in [4.78, 5) is 12.1. The number of hydrogen-bond acceptors (Lipinski definition) is 5. The monoisotopic (exact) mass is 427 g/mol. The number of nitrogens with zero attached hydrogens (tertiary/aromatic N) is 3. The molecule has 0 saturated heterocycles. The highest BCUT2D eigenvalue weighted by molar-refractivity contribution is 7.99. The van der Waals surface area contributed by atoms with Crippen LogP contribution >= 0.6 is 46.6 Å². The van der Waals surface area contributed by atoms with Crippen molar-refractivity contribution in [2.45, 2.75) is 5.16 Å². The summed E-state index contributed by atoms with van der Waals surface area (Å²) < 4.78 is 1.33. The first-order valence-electron chi connectivity index (χ1n) is 7.28. The third-order valence-corrected chi connectivity index (χ3v) is 5.06. The van der Waals surface area contributed by atoms with Crippen LogP contribution in [0.5, 0.6) is 0 Å². The minimum Gasteiger partial charge on any atom is -0.335 e. The molecule has 10 heteroatoms. The molecule has 1 amide bonds. The first-order chi connectivity index (χ1) is 12.4. The SMILES string of the molecule is Nn1c(SCC(=O)Nc2cc(Cl)ccc2Cl)nnc1-c1ccc(Cl)cc1. The number of nitrogens with one attached hydrogen (secondary N) is 1. The van der Waals surface area contributed by atoms with Gasteiger partial charge in [-0.05, 0) is 42.5 Å². The average molecular weight is 429 g/mol. The first kappa shape index (κ1) is 18.8. The van der Waals surface area contributed by atoms with Crippen molar-refractivity contribution in [1.29, 1.82) is 0 Å². The highest BCUT2D eigenvalue weighted by Crippen LogP contribution is 2.26. The standard InChI is InChI=1S/C16H12Cl3N5OS/c17-10-3-1-9(2-4-10)15-22-23-16(24(15)20)26-8-14(25)21-13-7-11(18)5-6-12(13)19/h1-7H,8,20H2,(H,21,25). The van der Waals surface area contributed by atoms with E-state index in [1.165, 1.54) is 4.68 Å². The second-order valence-corrected chi connectivity index (χ2v) is 7.37. The Morgan fingerprint density at radius 2 is 1.77 bits per heavy atom. The summed E-state index contributed by atoms with van der Waals surface area (Å²) in [5.74, 6) is 6.31. The fraction of sp³-hybridized carbons (Fsp3) is 0.0625. The van der Waals surface area contributed by atoms with E-state index in [9.17, 15) is 4.79 Å². The van der Waals surface area contributed by atoms with Crippen molar-refractivity contribution >= 4 is 58.2 Å². The summed E-state index contributed by atoms with van der Waals surface area (Å²) in [5, 5.41) is 12.7. The van der Waals surface area contributed by atoms with Gasteiger partial charge in [-0.15, -0.1) is 10.2 Å². The number of hydrogen-bond donors (Lipinski definition) is 2. The molecule has 3 N–H and O–H groups in total. The summed E-state index contributed by atoms with van der Waals surface area (Å²) in [6.07, 6.45) is 0. The molecule has 0 unspecified atom stereocenters. The zero-order valence-electron chi connectivity index (χ0n) is 13.1. The van der Waals surface area contributed by atoms with E-state index >= 15 is 0 Å². The number of anilines is 1. The predicted octanol–water partition coefficient (Wildman–Crippen LogP) is 4.35. The van der Waals surface area contributed by atoms with Crippen LogP contribution in [0.1, 0.15) is 0 Å². The molecule has 0 radical (unpaired) electrons. The van der Waals surface area contributed by atoms with Crippen molar-refractivity contribution in [3.63, 3.8) is 0 Å². The van der Waals surface area contributed by atoms with E-state index in [1.807, 2.05) is 0 Å². The number of carbonyl (C=O) groups excluding carboxylic acids is 1. The Morgan fingerprint density at radius 1 is 1.08 bits per heavy atom. The highest BCUT2D eigenvalue weighted by atomic mass is 35.5. The van der Waals surface area contributed by atoms with Crippen LogP contribution in [0.2, 0.25) is 15.1 Å². The molecule has 6 nitrogen and oxygen atoms in total. The van der Waals surface area contributed by atoms with Crippen molar-refractivity contribution in [3.05, 3.63) is 57.5 Å². The Morgan fingerprint density at radius 3 is 2.50 bits per heavy atom. The van der Waals surface area contributed by atoms with Gasteiger partial charge < -0.3 is 11.2 Å². The topological polar surface area (TPSA) is 85.8 Å². The second-order valence-electron chi connectivity index (χ2n) is 5.14. The summed E-state index contributed by atoms with van der Waals surface area (Å²) in [6, 6.07) is 11.9. The van der Waals surface area contributed by atoms with Crippen molar-refractivity contribution in [1.82, 2.24) is 14.9 Å². The maximum absolute atomic E-state index is 12.1. The number of benzene rings is 2. The average Bonchev–Trinajstić information content (AvgIpc) is 2.98. The van der Waals surface area contributed by atoms with Crippen LogP contribution in [0, 0.1) is 0 Å². The number of aromatic nitrogens is 3. The molecule has 0 spiro atoms. The van der Waals surface area contributed by atoms with Crippen LogP contribution < -0.4 is 11.2 Å². The maximum atomic E-state index is 12.1. The lowest BCUT2D eigenvalue weighted by Crippen LogP contribution is -2.16. The Hall–Kier alpha value is -1.93. The molecule has 2 aromatic carbocycles. The zero-order valence-corrected chi connectivity index (χ0v) is 16.2. The third kappa shape index (κ3) is 4.42. The van der Waals surface area contributed by atoms with E-state index in [0.717, 1.165) is 17.3 Å². The van der Waals surface area contributed by atoms with Crippen LogP contribution in [0.15, 0.2) is 47.6 Å². The van der Waals surface area contributed by atoms with E-state index in [1.54, 1.807) is 42.5 Å². The van der Waals surface area contributed by atoms with Gasteiger partial charge in [0, 0.05) is 15.6 Å². The molecule has 0 fully saturated rings. The summed E-state index contributed by atoms with van der Waals surface area (Å²) in [5.41, 5.74) is 1.22. The number of nitrogen functional groups attached to an aromatic ring is 1. The molecule has 0 atom stereocenters. The minimum absolute atomic E-state index is 0.0821. The van der Waals surface area contributed by atoms with Gasteiger partial charge in [-0.3, -0.25) is 4.79 Å². The van der Waals surface area contributed by atoms with Crippen molar-refractivity contribution in [2.24, 2.45) is 0 Å². The normalized spacial score (nSPS) is 10.7. The van der Waals surface area contributed by atoms with Crippen LogP contribution in [-0.4, -0.2) is 26.5 Å². The lowest BCUT2D eigenvalue weighted by atomic mass is 10.2. The third-order valence-electron chi connectivity index (χ3n) is 3.30. The number of halogens is 3. The molecule has 1 heterocycles. The smallest absolute Gasteiger partial charge is 0.234 e. The van der Waals surface area contributed by atoms with Crippen LogP contribution in [-0.2, 0) is 4.79 Å². The molecule has 0 aliphatic carbocycles. The van der Waals surface area contributed by atoms with E-state index in [-0.39, 0.29) is 11.7 Å². The molecule has 0 aliphatic rings. The highest BCUT2D eigenvalue weighted by Gasteiger charge is 2.14.